The van der Waals surface area contributed by atoms with Crippen molar-refractivity contribution in [3.05, 3.63) is 21.4 Å². The van der Waals surface area contributed by atoms with Crippen LogP contribution in [0.1, 0.15) is 59.6 Å². The van der Waals surface area contributed by atoms with E-state index >= 15 is 0 Å². The van der Waals surface area contributed by atoms with E-state index in [-0.39, 0.29) is 0 Å². The Morgan fingerprint density at radius 1 is 1.38 bits per heavy atom. The van der Waals surface area contributed by atoms with Crippen molar-refractivity contribution < 1.29 is 4.79 Å². The zero-order valence-corrected chi connectivity index (χ0v) is 11.0. The van der Waals surface area contributed by atoms with Crippen LogP contribution in [0.5, 0.6) is 0 Å². The minimum atomic E-state index is 0.355. The highest BCUT2D eigenvalue weighted by atomic mass is 32.1. The molecule has 0 amide bonds. The molecule has 2 heteroatoms. The lowest BCUT2D eigenvalue weighted by atomic mass is 9.98. The molecule has 1 aromatic rings. The van der Waals surface area contributed by atoms with Gasteiger partial charge in [-0.2, -0.15) is 0 Å². The Hall–Kier alpha value is -0.630. The number of ketones is 1. The molecule has 0 bridgehead atoms. The van der Waals surface area contributed by atoms with E-state index in [1.807, 2.05) is 0 Å². The number of hydrogen-bond donors (Lipinski definition) is 0. The van der Waals surface area contributed by atoms with Crippen molar-refractivity contribution in [2.75, 3.05) is 0 Å². The second-order valence-corrected chi connectivity index (χ2v) is 6.26. The highest BCUT2D eigenvalue weighted by Gasteiger charge is 2.17. The topological polar surface area (TPSA) is 17.1 Å². The summed E-state index contributed by atoms with van der Waals surface area (Å²) in [7, 11) is 0. The average molecular weight is 236 g/mol. The number of hydrogen-bond acceptors (Lipinski definition) is 2. The Balaban J connectivity index is 2.03. The maximum absolute atomic E-state index is 12.0. The molecule has 0 saturated carbocycles. The van der Waals surface area contributed by atoms with Gasteiger partial charge in [0, 0.05) is 11.3 Å². The van der Waals surface area contributed by atoms with Crippen LogP contribution < -0.4 is 0 Å². The highest BCUT2D eigenvalue weighted by molar-refractivity contribution is 7.14. The molecule has 0 atom stereocenters. The molecule has 0 radical (unpaired) electrons. The van der Waals surface area contributed by atoms with Gasteiger partial charge in [0.2, 0.25) is 0 Å². The molecule has 0 aliphatic heterocycles. The van der Waals surface area contributed by atoms with Crippen LogP contribution in [0.25, 0.3) is 0 Å². The van der Waals surface area contributed by atoms with Crippen LogP contribution in [0.4, 0.5) is 0 Å². The third kappa shape index (κ3) is 2.73. The van der Waals surface area contributed by atoms with E-state index in [9.17, 15) is 4.79 Å². The van der Waals surface area contributed by atoms with Gasteiger partial charge in [-0.1, -0.05) is 13.8 Å². The van der Waals surface area contributed by atoms with Gasteiger partial charge in [-0.25, -0.2) is 0 Å². The molecular weight excluding hydrogens is 216 g/mol. The summed E-state index contributed by atoms with van der Waals surface area (Å²) in [5, 5.41) is 0. The van der Waals surface area contributed by atoms with Crippen molar-refractivity contribution >= 4 is 17.1 Å². The first kappa shape index (κ1) is 11.8. The number of thiophene rings is 1. The van der Waals surface area contributed by atoms with Gasteiger partial charge in [0.15, 0.2) is 5.78 Å². The lowest BCUT2D eigenvalue weighted by Crippen LogP contribution is -1.99. The van der Waals surface area contributed by atoms with Gasteiger partial charge in [0.25, 0.3) is 0 Å². The number of Topliss-reactive ketones (excluding diaryl/α,β-unsaturated/α-hetero) is 1. The largest absolute Gasteiger partial charge is 0.293 e. The van der Waals surface area contributed by atoms with Crippen molar-refractivity contribution in [1.82, 2.24) is 0 Å². The minimum absolute atomic E-state index is 0.355. The van der Waals surface area contributed by atoms with E-state index in [0.717, 1.165) is 17.7 Å². The monoisotopic (exact) mass is 236 g/mol. The summed E-state index contributed by atoms with van der Waals surface area (Å²) in [6.45, 7) is 4.35. The van der Waals surface area contributed by atoms with Gasteiger partial charge >= 0.3 is 0 Å². The predicted molar refractivity (Wildman–Crippen MR) is 69.4 cm³/mol. The Kier molecular flexibility index (Phi) is 3.80. The van der Waals surface area contributed by atoms with Crippen LogP contribution in [0.15, 0.2) is 6.07 Å². The number of carbonyl (C=O) groups is 1. The Morgan fingerprint density at radius 2 is 2.12 bits per heavy atom. The summed E-state index contributed by atoms with van der Waals surface area (Å²) < 4.78 is 0. The second kappa shape index (κ2) is 5.13. The van der Waals surface area contributed by atoms with Crippen LogP contribution in [-0.4, -0.2) is 5.78 Å². The summed E-state index contributed by atoms with van der Waals surface area (Å²) in [6, 6.07) is 2.15. The fourth-order valence-electron chi connectivity index (χ4n) is 2.17. The lowest BCUT2D eigenvalue weighted by molar-refractivity contribution is 0.0979. The molecule has 1 nitrogen and oxygen atoms in total. The SMILES string of the molecule is CC(C)CCC(=O)c1cc2c(s1)CCCC2. The molecule has 1 aliphatic rings. The van der Waals surface area contributed by atoms with Crippen molar-refractivity contribution in [1.29, 1.82) is 0 Å². The van der Waals surface area contributed by atoms with E-state index in [4.69, 9.17) is 0 Å². The summed E-state index contributed by atoms with van der Waals surface area (Å²) >= 11 is 1.75. The summed E-state index contributed by atoms with van der Waals surface area (Å²) in [5.74, 6) is 0.978. The molecule has 16 heavy (non-hydrogen) atoms. The summed E-state index contributed by atoms with van der Waals surface area (Å²) in [4.78, 5) is 14.5. The quantitative estimate of drug-likeness (QED) is 0.714. The van der Waals surface area contributed by atoms with Crippen molar-refractivity contribution in [3.8, 4) is 0 Å². The molecule has 2 rings (SSSR count). The van der Waals surface area contributed by atoms with Crippen molar-refractivity contribution in [2.24, 2.45) is 5.92 Å². The van der Waals surface area contributed by atoms with E-state index in [2.05, 4.69) is 19.9 Å². The number of rotatable bonds is 4. The molecule has 1 aromatic heterocycles. The first-order chi connectivity index (χ1) is 7.66. The van der Waals surface area contributed by atoms with E-state index in [0.29, 0.717) is 11.7 Å². The second-order valence-electron chi connectivity index (χ2n) is 5.12. The standard InChI is InChI=1S/C14H20OS/c1-10(2)7-8-12(15)14-9-11-5-3-4-6-13(11)16-14/h9-10H,3-8H2,1-2H3. The molecule has 0 fully saturated rings. The maximum atomic E-state index is 12.0. The number of aryl methyl sites for hydroxylation is 2. The molecule has 0 saturated heterocycles. The van der Waals surface area contributed by atoms with Gasteiger partial charge in [-0.15, -0.1) is 11.3 Å². The predicted octanol–water partition coefficient (Wildman–Crippen LogP) is 4.25. The first-order valence-corrected chi connectivity index (χ1v) is 7.13. The van der Waals surface area contributed by atoms with Crippen LogP contribution >= 0.6 is 11.3 Å². The van der Waals surface area contributed by atoms with E-state index in [1.54, 1.807) is 11.3 Å². The fourth-order valence-corrected chi connectivity index (χ4v) is 3.39. The van der Waals surface area contributed by atoms with Gasteiger partial charge in [0.1, 0.15) is 0 Å². The number of carbonyl (C=O) groups excluding carboxylic acids is 1. The van der Waals surface area contributed by atoms with Gasteiger partial charge < -0.3 is 0 Å². The lowest BCUT2D eigenvalue weighted by Gasteiger charge is -2.08. The third-order valence-corrected chi connectivity index (χ3v) is 4.50. The average Bonchev–Trinajstić information content (AvgIpc) is 2.69. The molecule has 88 valence electrons. The van der Waals surface area contributed by atoms with Gasteiger partial charge in [-0.05, 0) is 49.7 Å². The molecular formula is C14H20OS. The smallest absolute Gasteiger partial charge is 0.172 e. The van der Waals surface area contributed by atoms with Gasteiger partial charge in [-0.3, -0.25) is 4.79 Å². The maximum Gasteiger partial charge on any atom is 0.172 e. The van der Waals surface area contributed by atoms with Crippen molar-refractivity contribution in [2.45, 2.75) is 52.4 Å². The number of fused-ring (bicyclic) bond motifs is 1. The van der Waals surface area contributed by atoms with Crippen LogP contribution in [0, 0.1) is 5.92 Å². The van der Waals surface area contributed by atoms with E-state index < -0.39 is 0 Å². The first-order valence-electron chi connectivity index (χ1n) is 6.31. The van der Waals surface area contributed by atoms with Crippen LogP contribution in [-0.2, 0) is 12.8 Å². The molecule has 0 unspecified atom stereocenters. The van der Waals surface area contributed by atoms with E-state index in [1.165, 1.54) is 36.1 Å². The molecule has 1 heterocycles. The summed E-state index contributed by atoms with van der Waals surface area (Å²) in [6.07, 6.45) is 6.70. The molecule has 0 spiro atoms. The normalized spacial score (nSPS) is 15.2. The summed E-state index contributed by atoms with van der Waals surface area (Å²) in [5.41, 5.74) is 1.45. The van der Waals surface area contributed by atoms with Gasteiger partial charge in [0.05, 0.1) is 4.88 Å². The third-order valence-electron chi connectivity index (χ3n) is 3.22. The zero-order valence-electron chi connectivity index (χ0n) is 10.2. The Morgan fingerprint density at radius 3 is 2.81 bits per heavy atom. The molecule has 0 N–H and O–H groups in total. The molecule has 1 aliphatic carbocycles. The Bertz CT molecular complexity index is 353. The van der Waals surface area contributed by atoms with Crippen LogP contribution in [0.3, 0.4) is 0 Å². The fraction of sp³-hybridized carbons (Fsp3) is 0.643. The van der Waals surface area contributed by atoms with Crippen LogP contribution in [0.2, 0.25) is 0 Å². The highest BCUT2D eigenvalue weighted by Crippen LogP contribution is 2.30. The molecule has 0 aromatic carbocycles. The Labute approximate surface area is 102 Å². The minimum Gasteiger partial charge on any atom is -0.293 e. The van der Waals surface area contributed by atoms with Crippen molar-refractivity contribution in [3.63, 3.8) is 0 Å². The zero-order chi connectivity index (χ0) is 11.5.